The van der Waals surface area contributed by atoms with E-state index in [4.69, 9.17) is 9.47 Å². The van der Waals surface area contributed by atoms with Crippen molar-refractivity contribution in [2.45, 2.75) is 69.9 Å². The lowest BCUT2D eigenvalue weighted by Gasteiger charge is -2.55. The third-order valence-corrected chi connectivity index (χ3v) is 10.9. The molecule has 5 aliphatic heterocycles. The van der Waals surface area contributed by atoms with Gasteiger partial charge in [-0.15, -0.1) is 0 Å². The average molecular weight is 658 g/mol. The van der Waals surface area contributed by atoms with E-state index in [-0.39, 0.29) is 36.6 Å². The van der Waals surface area contributed by atoms with Crippen LogP contribution in [0.15, 0.2) is 48.7 Å². The van der Waals surface area contributed by atoms with Gasteiger partial charge in [-0.05, 0) is 44.2 Å². The number of aryl methyl sites for hydroxylation is 1. The van der Waals surface area contributed by atoms with Crippen LogP contribution in [0.4, 0.5) is 25.1 Å². The number of anilines is 2. The van der Waals surface area contributed by atoms with Crippen molar-refractivity contribution in [3.8, 4) is 0 Å². The molecular formula is C36H41F2N7O3. The van der Waals surface area contributed by atoms with Crippen LogP contribution in [0.5, 0.6) is 0 Å². The maximum atomic E-state index is 14.6. The summed E-state index contributed by atoms with van der Waals surface area (Å²) in [5, 5.41) is 8.53. The summed E-state index contributed by atoms with van der Waals surface area (Å²) in [5.74, 6) is 0.592. The van der Waals surface area contributed by atoms with Gasteiger partial charge in [0, 0.05) is 75.1 Å². The van der Waals surface area contributed by atoms with Crippen molar-refractivity contribution in [3.05, 3.63) is 82.3 Å². The SMILES string of the molecule is Cc1cnnc2c1C1(CCN(c3cc4c(c(C(F)F)n3)C=CC[C@H]3[C@H](N5CCN(C(=O)OCc6ccccc6)CC5)CN43)CC1)O[C@@H]2C. The lowest BCUT2D eigenvalue weighted by Crippen LogP contribution is -2.69. The van der Waals surface area contributed by atoms with E-state index >= 15 is 0 Å². The number of benzene rings is 1. The number of carbonyl (C=O) groups is 1. The second kappa shape index (κ2) is 12.4. The van der Waals surface area contributed by atoms with Gasteiger partial charge in [-0.25, -0.2) is 18.6 Å². The lowest BCUT2D eigenvalue weighted by molar-refractivity contribution is -0.0851. The third-order valence-electron chi connectivity index (χ3n) is 10.9. The first-order valence-electron chi connectivity index (χ1n) is 17.0. The molecule has 3 aromatic rings. The number of piperidine rings is 1. The number of fused-ring (bicyclic) bond motifs is 5. The number of rotatable bonds is 5. The number of pyridine rings is 1. The van der Waals surface area contributed by atoms with Gasteiger partial charge in [0.05, 0.1) is 23.2 Å². The van der Waals surface area contributed by atoms with Crippen LogP contribution in [0.1, 0.15) is 72.4 Å². The number of hydrogen-bond donors (Lipinski definition) is 0. The molecule has 0 aliphatic carbocycles. The molecule has 3 saturated heterocycles. The third kappa shape index (κ3) is 5.38. The van der Waals surface area contributed by atoms with E-state index in [0.29, 0.717) is 37.6 Å². The number of piperazine rings is 1. The monoisotopic (exact) mass is 657 g/mol. The maximum absolute atomic E-state index is 14.6. The summed E-state index contributed by atoms with van der Waals surface area (Å²) in [6.07, 6.45) is 4.76. The predicted octanol–water partition coefficient (Wildman–Crippen LogP) is 5.63. The van der Waals surface area contributed by atoms with Gasteiger partial charge in [0.1, 0.15) is 24.2 Å². The van der Waals surface area contributed by atoms with Crippen LogP contribution in [0.2, 0.25) is 0 Å². The van der Waals surface area contributed by atoms with Gasteiger partial charge in [-0.2, -0.15) is 10.2 Å². The van der Waals surface area contributed by atoms with Crippen LogP contribution < -0.4 is 9.80 Å². The van der Waals surface area contributed by atoms with Gasteiger partial charge >= 0.3 is 6.09 Å². The van der Waals surface area contributed by atoms with Crippen LogP contribution in [-0.2, 0) is 21.7 Å². The molecule has 0 unspecified atom stereocenters. The Morgan fingerprint density at radius 3 is 2.60 bits per heavy atom. The summed E-state index contributed by atoms with van der Waals surface area (Å²) < 4.78 is 41.2. The fraction of sp³-hybridized carbons (Fsp3) is 0.500. The molecule has 8 rings (SSSR count). The summed E-state index contributed by atoms with van der Waals surface area (Å²) in [4.78, 5) is 25.9. The number of amides is 1. The minimum Gasteiger partial charge on any atom is -0.445 e. The number of aromatic nitrogens is 3. The normalized spacial score (nSPS) is 24.6. The number of carbonyl (C=O) groups excluding carboxylic acids is 1. The molecule has 48 heavy (non-hydrogen) atoms. The van der Waals surface area contributed by atoms with Crippen molar-refractivity contribution in [2.24, 2.45) is 0 Å². The Balaban J connectivity index is 0.950. The van der Waals surface area contributed by atoms with Gasteiger partial charge in [-0.3, -0.25) is 4.90 Å². The Hall–Kier alpha value is -4.16. The molecule has 252 valence electrons. The zero-order chi connectivity index (χ0) is 33.0. The number of hydrogen-bond acceptors (Lipinski definition) is 9. The second-order valence-electron chi connectivity index (χ2n) is 13.6. The molecule has 12 heteroatoms. The minimum absolute atomic E-state index is 0.130. The first-order valence-corrected chi connectivity index (χ1v) is 17.0. The lowest BCUT2D eigenvalue weighted by atomic mass is 9.83. The Morgan fingerprint density at radius 2 is 1.85 bits per heavy atom. The van der Waals surface area contributed by atoms with Crippen molar-refractivity contribution in [1.82, 2.24) is 25.0 Å². The van der Waals surface area contributed by atoms with Gasteiger partial charge in [0.2, 0.25) is 0 Å². The summed E-state index contributed by atoms with van der Waals surface area (Å²) in [6, 6.07) is 12.1. The number of alkyl halides is 2. The van der Waals surface area contributed by atoms with Crippen LogP contribution in [0, 0.1) is 6.92 Å². The minimum atomic E-state index is -2.69. The van der Waals surface area contributed by atoms with Gasteiger partial charge in [0.25, 0.3) is 6.43 Å². The van der Waals surface area contributed by atoms with E-state index in [2.05, 4.69) is 36.8 Å². The molecule has 2 aromatic heterocycles. The maximum Gasteiger partial charge on any atom is 0.410 e. The van der Waals surface area contributed by atoms with Gasteiger partial charge < -0.3 is 24.2 Å². The van der Waals surface area contributed by atoms with E-state index in [0.717, 1.165) is 67.0 Å². The number of halogens is 2. The highest BCUT2D eigenvalue weighted by Gasteiger charge is 2.49. The Morgan fingerprint density at radius 1 is 1.08 bits per heavy atom. The summed E-state index contributed by atoms with van der Waals surface area (Å²) in [5.41, 5.74) is 4.83. The smallest absolute Gasteiger partial charge is 0.410 e. The van der Waals surface area contributed by atoms with Crippen molar-refractivity contribution < 1.29 is 23.0 Å². The fourth-order valence-electron chi connectivity index (χ4n) is 8.39. The van der Waals surface area contributed by atoms with Crippen molar-refractivity contribution in [1.29, 1.82) is 0 Å². The second-order valence-corrected chi connectivity index (χ2v) is 13.6. The molecule has 7 heterocycles. The quantitative estimate of drug-likeness (QED) is 0.347. The van der Waals surface area contributed by atoms with E-state index in [9.17, 15) is 13.6 Å². The number of nitrogens with zero attached hydrogens (tertiary/aromatic N) is 7. The highest BCUT2D eigenvalue weighted by molar-refractivity contribution is 5.76. The van der Waals surface area contributed by atoms with Crippen LogP contribution >= 0.6 is 0 Å². The Labute approximate surface area is 279 Å². The highest BCUT2D eigenvalue weighted by atomic mass is 19.3. The highest BCUT2D eigenvalue weighted by Crippen LogP contribution is 2.50. The standard InChI is InChI=1S/C36H41F2N7O3/c1-23-20-39-41-32-24(2)48-36(31(23)32)11-13-43(14-12-36)30-19-28-26(33(40-30)34(37)38)9-6-10-27-29(21-45(27)28)42-15-17-44(18-16-42)35(46)47-22-25-7-4-3-5-8-25/h3-9,19-20,24,27,29,34H,10-18,21-22H2,1-2H3/t24-,27+,29-/m1/s1. The fourth-order valence-corrected chi connectivity index (χ4v) is 8.39. The van der Waals surface area contributed by atoms with Gasteiger partial charge in [-0.1, -0.05) is 42.5 Å². The molecule has 1 amide bonds. The zero-order valence-corrected chi connectivity index (χ0v) is 27.4. The van der Waals surface area contributed by atoms with Crippen molar-refractivity contribution in [3.63, 3.8) is 0 Å². The number of ether oxygens (including phenoxy) is 2. The van der Waals surface area contributed by atoms with Crippen LogP contribution in [0.25, 0.3) is 6.08 Å². The predicted molar refractivity (Wildman–Crippen MR) is 177 cm³/mol. The molecule has 1 aromatic carbocycles. The molecule has 0 radical (unpaired) electrons. The first-order chi connectivity index (χ1) is 23.3. The Kier molecular flexibility index (Phi) is 8.03. The van der Waals surface area contributed by atoms with E-state index in [1.54, 1.807) is 11.1 Å². The van der Waals surface area contributed by atoms with E-state index in [1.807, 2.05) is 55.5 Å². The molecule has 0 bridgehead atoms. The molecule has 0 N–H and O–H groups in total. The Bertz CT molecular complexity index is 1710. The van der Waals surface area contributed by atoms with Gasteiger partial charge in [0.15, 0.2) is 0 Å². The van der Waals surface area contributed by atoms with Crippen LogP contribution in [0.3, 0.4) is 0 Å². The molecule has 1 spiro atoms. The van der Waals surface area contributed by atoms with E-state index < -0.39 is 12.0 Å². The first kappa shape index (κ1) is 31.1. The van der Waals surface area contributed by atoms with Crippen LogP contribution in [-0.4, -0.2) is 89.0 Å². The molecule has 10 nitrogen and oxygen atoms in total. The summed E-state index contributed by atoms with van der Waals surface area (Å²) >= 11 is 0. The summed E-state index contributed by atoms with van der Waals surface area (Å²) in [7, 11) is 0. The molecule has 3 fully saturated rings. The van der Waals surface area contributed by atoms with E-state index in [1.165, 1.54) is 0 Å². The van der Waals surface area contributed by atoms with Crippen molar-refractivity contribution >= 4 is 23.7 Å². The molecular weight excluding hydrogens is 616 g/mol. The summed E-state index contributed by atoms with van der Waals surface area (Å²) in [6.45, 7) is 9.06. The average Bonchev–Trinajstić information content (AvgIpc) is 3.28. The molecule has 3 atom stereocenters. The largest absolute Gasteiger partial charge is 0.445 e. The molecule has 5 aliphatic rings. The topological polar surface area (TPSA) is 87.2 Å². The van der Waals surface area contributed by atoms with Crippen molar-refractivity contribution in [2.75, 3.05) is 55.6 Å². The zero-order valence-electron chi connectivity index (χ0n) is 27.4. The molecule has 0 saturated carbocycles.